The third-order valence-electron chi connectivity index (χ3n) is 8.86. The number of fused-ring (bicyclic) bond motifs is 6. The molecule has 0 bridgehead atoms. The molecule has 206 valence electrons. The van der Waals surface area contributed by atoms with E-state index < -0.39 is 0 Å². The van der Waals surface area contributed by atoms with Crippen LogP contribution in [0.15, 0.2) is 164 Å². The van der Waals surface area contributed by atoms with E-state index in [0.717, 1.165) is 0 Å². The molecule has 0 aliphatic carbocycles. The molecule has 0 aliphatic heterocycles. The van der Waals surface area contributed by atoms with E-state index in [1.165, 1.54) is 81.0 Å². The Hall–Kier alpha value is -5.44. The Kier molecular flexibility index (Phi) is 5.75. The molecule has 9 rings (SSSR count). The number of thiophene rings is 1. The first kappa shape index (κ1) is 25.1. The molecule has 0 unspecified atom stereocenters. The van der Waals surface area contributed by atoms with Crippen LogP contribution in [0.1, 0.15) is 0 Å². The molecule has 0 amide bonds. The van der Waals surface area contributed by atoms with Crippen molar-refractivity contribution in [1.82, 2.24) is 4.57 Å². The summed E-state index contributed by atoms with van der Waals surface area (Å²) >= 11 is 1.88. The third kappa shape index (κ3) is 4.00. The molecule has 0 aliphatic rings. The van der Waals surface area contributed by atoms with E-state index >= 15 is 0 Å². The van der Waals surface area contributed by atoms with E-state index in [2.05, 4.69) is 168 Å². The normalized spacial score (nSPS) is 11.6. The average molecular weight is 578 g/mol. The van der Waals surface area contributed by atoms with Gasteiger partial charge in [0.2, 0.25) is 0 Å². The first-order valence-corrected chi connectivity index (χ1v) is 15.8. The largest absolute Gasteiger partial charge is 0.309 e. The highest BCUT2D eigenvalue weighted by Crippen LogP contribution is 2.40. The molecule has 7 aromatic carbocycles. The number of nitrogens with zero attached hydrogens (tertiary/aromatic N) is 1. The maximum absolute atomic E-state index is 2.36. The smallest absolute Gasteiger partial charge is 0.0541 e. The lowest BCUT2D eigenvalue weighted by molar-refractivity contribution is 1.18. The number of aromatic nitrogens is 1. The molecular formula is C42H27NS. The predicted molar refractivity (Wildman–Crippen MR) is 190 cm³/mol. The zero-order valence-electron chi connectivity index (χ0n) is 23.9. The Morgan fingerprint density at radius 3 is 1.39 bits per heavy atom. The van der Waals surface area contributed by atoms with Crippen molar-refractivity contribution in [3.05, 3.63) is 164 Å². The van der Waals surface area contributed by atoms with Crippen LogP contribution in [0, 0.1) is 0 Å². The Labute approximate surface area is 259 Å². The molecule has 2 aromatic heterocycles. The topological polar surface area (TPSA) is 4.93 Å². The monoisotopic (exact) mass is 577 g/mol. The molecule has 2 heterocycles. The quantitative estimate of drug-likeness (QED) is 0.196. The number of hydrogen-bond donors (Lipinski definition) is 0. The Morgan fingerprint density at radius 1 is 0.341 bits per heavy atom. The van der Waals surface area contributed by atoms with Crippen LogP contribution in [0.5, 0.6) is 0 Å². The van der Waals surface area contributed by atoms with Crippen molar-refractivity contribution < 1.29 is 0 Å². The molecule has 0 atom stereocenters. The average Bonchev–Trinajstić information content (AvgIpc) is 3.65. The molecule has 0 spiro atoms. The van der Waals surface area contributed by atoms with Gasteiger partial charge in [-0.15, -0.1) is 11.3 Å². The molecular weight excluding hydrogens is 551 g/mol. The fraction of sp³-hybridized carbons (Fsp3) is 0. The minimum atomic E-state index is 1.18. The van der Waals surface area contributed by atoms with Gasteiger partial charge in [-0.05, 0) is 63.7 Å². The second-order valence-electron chi connectivity index (χ2n) is 11.4. The van der Waals surface area contributed by atoms with E-state index in [1.54, 1.807) is 0 Å². The van der Waals surface area contributed by atoms with Crippen LogP contribution in [0.4, 0.5) is 0 Å². The van der Waals surface area contributed by atoms with Gasteiger partial charge >= 0.3 is 0 Å². The van der Waals surface area contributed by atoms with Gasteiger partial charge in [0.1, 0.15) is 0 Å². The number of benzene rings is 7. The first-order chi connectivity index (χ1) is 21.8. The van der Waals surface area contributed by atoms with Gasteiger partial charge in [0, 0.05) is 36.6 Å². The van der Waals surface area contributed by atoms with Crippen LogP contribution in [0.2, 0.25) is 0 Å². The van der Waals surface area contributed by atoms with Gasteiger partial charge in [0.15, 0.2) is 0 Å². The van der Waals surface area contributed by atoms with Crippen molar-refractivity contribution in [3.63, 3.8) is 0 Å². The third-order valence-corrected chi connectivity index (χ3v) is 10.1. The van der Waals surface area contributed by atoms with Gasteiger partial charge < -0.3 is 4.57 Å². The molecule has 0 radical (unpaired) electrons. The second-order valence-corrected chi connectivity index (χ2v) is 12.4. The highest BCUT2D eigenvalue weighted by molar-refractivity contribution is 7.26. The molecule has 0 saturated heterocycles. The molecule has 9 aromatic rings. The molecule has 1 nitrogen and oxygen atoms in total. The minimum absolute atomic E-state index is 1.18. The highest BCUT2D eigenvalue weighted by atomic mass is 32.1. The molecule has 0 fully saturated rings. The van der Waals surface area contributed by atoms with Gasteiger partial charge in [0.05, 0.1) is 11.0 Å². The van der Waals surface area contributed by atoms with Crippen molar-refractivity contribution in [3.8, 4) is 39.1 Å². The summed E-state index contributed by atoms with van der Waals surface area (Å²) in [6, 6.07) is 59.6. The van der Waals surface area contributed by atoms with Crippen molar-refractivity contribution in [2.45, 2.75) is 0 Å². The van der Waals surface area contributed by atoms with Crippen molar-refractivity contribution in [2.75, 3.05) is 0 Å². The van der Waals surface area contributed by atoms with Gasteiger partial charge in [-0.25, -0.2) is 0 Å². The van der Waals surface area contributed by atoms with Crippen molar-refractivity contribution in [2.24, 2.45) is 0 Å². The predicted octanol–water partition coefficient (Wildman–Crippen LogP) is 12.2. The number of hydrogen-bond acceptors (Lipinski definition) is 1. The van der Waals surface area contributed by atoms with E-state index in [-0.39, 0.29) is 0 Å². The molecule has 0 N–H and O–H groups in total. The Bertz CT molecular complexity index is 2410. The van der Waals surface area contributed by atoms with Crippen molar-refractivity contribution in [1.29, 1.82) is 0 Å². The lowest BCUT2D eigenvalue weighted by atomic mass is 9.97. The fourth-order valence-corrected chi connectivity index (χ4v) is 7.91. The fourth-order valence-electron chi connectivity index (χ4n) is 6.68. The van der Waals surface area contributed by atoms with Crippen LogP contribution in [0.3, 0.4) is 0 Å². The summed E-state index contributed by atoms with van der Waals surface area (Å²) in [5, 5.41) is 5.25. The van der Waals surface area contributed by atoms with Crippen LogP contribution >= 0.6 is 11.3 Å². The van der Waals surface area contributed by atoms with Crippen LogP contribution in [-0.2, 0) is 0 Å². The maximum Gasteiger partial charge on any atom is 0.0541 e. The van der Waals surface area contributed by atoms with Crippen LogP contribution in [0.25, 0.3) is 81.0 Å². The highest BCUT2D eigenvalue weighted by Gasteiger charge is 2.12. The summed E-state index contributed by atoms with van der Waals surface area (Å²) in [4.78, 5) is 0. The van der Waals surface area contributed by atoms with Gasteiger partial charge in [-0.3, -0.25) is 0 Å². The summed E-state index contributed by atoms with van der Waals surface area (Å²) in [5.74, 6) is 0. The van der Waals surface area contributed by atoms with Gasteiger partial charge in [-0.2, -0.15) is 0 Å². The molecule has 2 heteroatoms. The Morgan fingerprint density at radius 2 is 0.795 bits per heavy atom. The van der Waals surface area contributed by atoms with Gasteiger partial charge in [0.25, 0.3) is 0 Å². The SMILES string of the molecule is c1ccc2c(c1)sc1c(-c3ccc(-c4ccc(-c5ccc(-n6c7ccccc7c7ccccc76)cc5)cc4)cc3)cccc12. The summed E-state index contributed by atoms with van der Waals surface area (Å²) < 4.78 is 5.06. The first-order valence-electron chi connectivity index (χ1n) is 15.0. The van der Waals surface area contributed by atoms with Crippen molar-refractivity contribution >= 4 is 53.3 Å². The van der Waals surface area contributed by atoms with E-state index in [0.29, 0.717) is 0 Å². The number of para-hydroxylation sites is 2. The van der Waals surface area contributed by atoms with Crippen LogP contribution < -0.4 is 0 Å². The zero-order chi connectivity index (χ0) is 29.0. The van der Waals surface area contributed by atoms with E-state index in [9.17, 15) is 0 Å². The van der Waals surface area contributed by atoms with Gasteiger partial charge in [-0.1, -0.05) is 133 Å². The lowest BCUT2D eigenvalue weighted by Crippen LogP contribution is -1.93. The summed E-state index contributed by atoms with van der Waals surface area (Å²) in [6.07, 6.45) is 0. The van der Waals surface area contributed by atoms with E-state index in [1.807, 2.05) is 11.3 Å². The Balaban J connectivity index is 1.00. The summed E-state index contributed by atoms with van der Waals surface area (Å²) in [5.41, 5.74) is 11.1. The van der Waals surface area contributed by atoms with Crippen LogP contribution in [-0.4, -0.2) is 4.57 Å². The molecule has 44 heavy (non-hydrogen) atoms. The summed E-state index contributed by atoms with van der Waals surface area (Å²) in [6.45, 7) is 0. The standard InChI is InChI=1S/C42H27NS/c1-4-13-39-35(8-1)36-9-2-5-14-40(36)43(39)33-26-24-31(25-27-33)29-18-16-28(17-19-29)30-20-22-32(23-21-30)34-11-7-12-38-37-10-3-6-15-41(37)44-42(34)38/h1-27H. The van der Waals surface area contributed by atoms with E-state index in [4.69, 9.17) is 0 Å². The summed E-state index contributed by atoms with van der Waals surface area (Å²) in [7, 11) is 0. The second kappa shape index (κ2) is 10.1. The maximum atomic E-state index is 2.36. The zero-order valence-corrected chi connectivity index (χ0v) is 24.8. The molecule has 0 saturated carbocycles. The lowest BCUT2D eigenvalue weighted by Gasteiger charge is -2.10. The minimum Gasteiger partial charge on any atom is -0.309 e. The number of rotatable bonds is 4.